The Morgan fingerprint density at radius 1 is 1.30 bits per heavy atom. The second-order valence-corrected chi connectivity index (χ2v) is 6.26. The molecule has 1 heterocycles. The van der Waals surface area contributed by atoms with E-state index in [1.54, 1.807) is 0 Å². The number of carbonyl (C=O) groups excluding carboxylic acids is 1. The maximum Gasteiger partial charge on any atom is 0.407 e. The summed E-state index contributed by atoms with van der Waals surface area (Å²) in [4.78, 5) is 11.9. The van der Waals surface area contributed by atoms with Crippen LogP contribution in [0.5, 0.6) is 0 Å². The molecule has 1 aliphatic heterocycles. The molecule has 1 aromatic carbocycles. The largest absolute Gasteiger partial charge is 0.444 e. The predicted molar refractivity (Wildman–Crippen MR) is 79.8 cm³/mol. The Morgan fingerprint density at radius 3 is 2.65 bits per heavy atom. The number of piperidine rings is 1. The van der Waals surface area contributed by atoms with Gasteiger partial charge in [-0.05, 0) is 39.3 Å². The molecule has 0 aromatic heterocycles. The Hall–Kier alpha value is -1.55. The van der Waals surface area contributed by atoms with Crippen LogP contribution < -0.4 is 10.6 Å². The lowest BCUT2D eigenvalue weighted by atomic mass is 9.86. The highest BCUT2D eigenvalue weighted by Gasteiger charge is 2.29. The van der Waals surface area contributed by atoms with Crippen molar-refractivity contribution in [3.05, 3.63) is 35.9 Å². The minimum absolute atomic E-state index is 0.0704. The van der Waals surface area contributed by atoms with Crippen molar-refractivity contribution in [3.8, 4) is 0 Å². The predicted octanol–water partition coefficient (Wildman–Crippen LogP) is 2.66. The van der Waals surface area contributed by atoms with Crippen LogP contribution >= 0.6 is 0 Å². The van der Waals surface area contributed by atoms with Gasteiger partial charge < -0.3 is 15.4 Å². The highest BCUT2D eigenvalue weighted by molar-refractivity contribution is 5.68. The summed E-state index contributed by atoms with van der Waals surface area (Å²) in [6, 6.07) is 10.4. The standard InChI is InChI=1S/C16H24N2O2/c1-16(2,3)20-15(19)18-14-11-17-10-9-13(14)12-7-5-4-6-8-12/h4-8,13-14,17H,9-11H2,1-3H3,(H,18,19). The van der Waals surface area contributed by atoms with Crippen LogP contribution in [-0.2, 0) is 4.74 Å². The van der Waals surface area contributed by atoms with Crippen LogP contribution in [0.15, 0.2) is 30.3 Å². The maximum absolute atomic E-state index is 11.9. The van der Waals surface area contributed by atoms with Gasteiger partial charge in [-0.2, -0.15) is 0 Å². The second-order valence-electron chi connectivity index (χ2n) is 6.26. The fraction of sp³-hybridized carbons (Fsp3) is 0.562. The number of carbonyl (C=O) groups is 1. The van der Waals surface area contributed by atoms with Crippen LogP contribution in [0.4, 0.5) is 4.79 Å². The molecular weight excluding hydrogens is 252 g/mol. The van der Waals surface area contributed by atoms with Crippen molar-refractivity contribution in [2.45, 2.75) is 44.8 Å². The van der Waals surface area contributed by atoms with E-state index in [1.807, 2.05) is 39.0 Å². The van der Waals surface area contributed by atoms with E-state index in [0.717, 1.165) is 19.5 Å². The number of rotatable bonds is 2. The molecule has 0 radical (unpaired) electrons. The van der Waals surface area contributed by atoms with Gasteiger partial charge >= 0.3 is 6.09 Å². The average Bonchev–Trinajstić information content (AvgIpc) is 2.38. The van der Waals surface area contributed by atoms with Gasteiger partial charge in [0.05, 0.1) is 6.04 Å². The van der Waals surface area contributed by atoms with Crippen LogP contribution in [0.1, 0.15) is 38.7 Å². The van der Waals surface area contributed by atoms with Crippen LogP contribution in [0, 0.1) is 0 Å². The molecule has 0 bridgehead atoms. The average molecular weight is 276 g/mol. The third-order valence-corrected chi connectivity index (χ3v) is 3.41. The van der Waals surface area contributed by atoms with Gasteiger partial charge in [0.15, 0.2) is 0 Å². The smallest absolute Gasteiger partial charge is 0.407 e. The van der Waals surface area contributed by atoms with E-state index >= 15 is 0 Å². The molecule has 4 heteroatoms. The Labute approximate surface area is 120 Å². The minimum atomic E-state index is -0.464. The van der Waals surface area contributed by atoms with E-state index in [9.17, 15) is 4.79 Å². The molecule has 1 aliphatic rings. The molecule has 4 nitrogen and oxygen atoms in total. The van der Waals surface area contributed by atoms with Gasteiger partial charge in [-0.25, -0.2) is 4.79 Å². The summed E-state index contributed by atoms with van der Waals surface area (Å²) in [7, 11) is 0. The number of alkyl carbamates (subject to hydrolysis) is 1. The molecule has 2 atom stereocenters. The summed E-state index contributed by atoms with van der Waals surface area (Å²) in [5.74, 6) is 0.338. The Balaban J connectivity index is 2.03. The highest BCUT2D eigenvalue weighted by atomic mass is 16.6. The van der Waals surface area contributed by atoms with Crippen LogP contribution in [0.2, 0.25) is 0 Å². The Morgan fingerprint density at radius 2 is 2.00 bits per heavy atom. The van der Waals surface area contributed by atoms with Crippen molar-refractivity contribution < 1.29 is 9.53 Å². The molecule has 0 saturated carbocycles. The molecule has 1 amide bonds. The molecule has 2 rings (SSSR count). The molecule has 2 N–H and O–H groups in total. The Kier molecular flexibility index (Phi) is 4.65. The first-order chi connectivity index (χ1) is 9.46. The number of benzene rings is 1. The van der Waals surface area contributed by atoms with Gasteiger partial charge in [0.25, 0.3) is 0 Å². The first-order valence-electron chi connectivity index (χ1n) is 7.21. The lowest BCUT2D eigenvalue weighted by molar-refractivity contribution is 0.0489. The van der Waals surface area contributed by atoms with Gasteiger partial charge in [0.1, 0.15) is 5.60 Å². The number of hydrogen-bond acceptors (Lipinski definition) is 3. The molecule has 0 aliphatic carbocycles. The van der Waals surface area contributed by atoms with E-state index in [1.165, 1.54) is 5.56 Å². The molecule has 0 spiro atoms. The number of nitrogens with one attached hydrogen (secondary N) is 2. The van der Waals surface area contributed by atoms with E-state index in [4.69, 9.17) is 4.74 Å². The topological polar surface area (TPSA) is 50.4 Å². The van der Waals surface area contributed by atoms with E-state index in [-0.39, 0.29) is 12.1 Å². The molecule has 20 heavy (non-hydrogen) atoms. The number of ether oxygens (including phenoxy) is 1. The molecule has 2 unspecified atom stereocenters. The molecule has 1 saturated heterocycles. The summed E-state index contributed by atoms with van der Waals surface area (Å²) < 4.78 is 5.35. The van der Waals surface area contributed by atoms with Crippen molar-refractivity contribution in [2.75, 3.05) is 13.1 Å². The second kappa shape index (κ2) is 6.27. The molecule has 1 aromatic rings. The van der Waals surface area contributed by atoms with Crippen molar-refractivity contribution in [1.29, 1.82) is 0 Å². The van der Waals surface area contributed by atoms with Crippen molar-refractivity contribution in [1.82, 2.24) is 10.6 Å². The van der Waals surface area contributed by atoms with Gasteiger partial charge in [-0.1, -0.05) is 30.3 Å². The zero-order valence-electron chi connectivity index (χ0n) is 12.5. The van der Waals surface area contributed by atoms with E-state index in [2.05, 4.69) is 22.8 Å². The number of hydrogen-bond donors (Lipinski definition) is 2. The van der Waals surface area contributed by atoms with Crippen molar-refractivity contribution in [2.24, 2.45) is 0 Å². The van der Waals surface area contributed by atoms with Gasteiger partial charge in [0.2, 0.25) is 0 Å². The van der Waals surface area contributed by atoms with Crippen LogP contribution in [-0.4, -0.2) is 30.8 Å². The molecule has 1 fully saturated rings. The van der Waals surface area contributed by atoms with Crippen LogP contribution in [0.25, 0.3) is 0 Å². The quantitative estimate of drug-likeness (QED) is 0.873. The van der Waals surface area contributed by atoms with E-state index < -0.39 is 5.60 Å². The molecule has 110 valence electrons. The summed E-state index contributed by atoms with van der Waals surface area (Å²) in [6.07, 6.45) is 0.678. The fourth-order valence-corrected chi connectivity index (χ4v) is 2.57. The maximum atomic E-state index is 11.9. The van der Waals surface area contributed by atoms with E-state index in [0.29, 0.717) is 5.92 Å². The lowest BCUT2D eigenvalue weighted by Gasteiger charge is -2.33. The van der Waals surface area contributed by atoms with Crippen molar-refractivity contribution in [3.63, 3.8) is 0 Å². The zero-order chi connectivity index (χ0) is 14.6. The third-order valence-electron chi connectivity index (χ3n) is 3.41. The molecular formula is C16H24N2O2. The monoisotopic (exact) mass is 276 g/mol. The van der Waals surface area contributed by atoms with Crippen LogP contribution in [0.3, 0.4) is 0 Å². The summed E-state index contributed by atoms with van der Waals surface area (Å²) >= 11 is 0. The summed E-state index contributed by atoms with van der Waals surface area (Å²) in [5, 5.41) is 6.33. The first kappa shape index (κ1) is 14.9. The summed E-state index contributed by atoms with van der Waals surface area (Å²) in [6.45, 7) is 7.38. The number of amides is 1. The SMILES string of the molecule is CC(C)(C)OC(=O)NC1CNCCC1c1ccccc1. The highest BCUT2D eigenvalue weighted by Crippen LogP contribution is 2.25. The third kappa shape index (κ3) is 4.23. The Bertz CT molecular complexity index is 440. The first-order valence-corrected chi connectivity index (χ1v) is 7.21. The van der Waals surface area contributed by atoms with Gasteiger partial charge in [0, 0.05) is 12.5 Å². The van der Waals surface area contributed by atoms with Gasteiger partial charge in [-0.3, -0.25) is 0 Å². The minimum Gasteiger partial charge on any atom is -0.444 e. The normalized spacial score (nSPS) is 23.1. The lowest BCUT2D eigenvalue weighted by Crippen LogP contribution is -2.51. The summed E-state index contributed by atoms with van der Waals surface area (Å²) in [5.41, 5.74) is 0.809. The fourth-order valence-electron chi connectivity index (χ4n) is 2.57. The van der Waals surface area contributed by atoms with Gasteiger partial charge in [-0.15, -0.1) is 0 Å². The zero-order valence-corrected chi connectivity index (χ0v) is 12.5. The van der Waals surface area contributed by atoms with Crippen molar-refractivity contribution >= 4 is 6.09 Å².